The summed E-state index contributed by atoms with van der Waals surface area (Å²) in [7, 11) is 0. The second kappa shape index (κ2) is 7.65. The molecule has 35 heavy (non-hydrogen) atoms. The maximum absolute atomic E-state index is 16.0. The number of pyridine rings is 1. The number of halogens is 4. The van der Waals surface area contributed by atoms with Gasteiger partial charge in [0.15, 0.2) is 10.9 Å². The Morgan fingerprint density at radius 3 is 2.69 bits per heavy atom. The Morgan fingerprint density at radius 2 is 1.94 bits per heavy atom. The fourth-order valence-electron chi connectivity index (χ4n) is 4.49. The number of carbonyl (C=O) groups is 1. The van der Waals surface area contributed by atoms with Gasteiger partial charge in [-0.05, 0) is 12.1 Å². The van der Waals surface area contributed by atoms with E-state index in [0.717, 1.165) is 11.3 Å². The van der Waals surface area contributed by atoms with Gasteiger partial charge >= 0.3 is 0 Å². The maximum Gasteiger partial charge on any atom is 0.246 e. The second-order valence-corrected chi connectivity index (χ2v) is 9.58. The number of aromatic nitrogens is 4. The average molecular weight is 515 g/mol. The summed E-state index contributed by atoms with van der Waals surface area (Å²) in [4.78, 5) is 21.7. The molecule has 0 saturated carbocycles. The first kappa shape index (κ1) is 21.8. The number of thiazole rings is 1. The van der Waals surface area contributed by atoms with E-state index in [2.05, 4.69) is 21.6 Å². The summed E-state index contributed by atoms with van der Waals surface area (Å²) in [5, 5.41) is 5.35. The summed E-state index contributed by atoms with van der Waals surface area (Å²) >= 11 is 7.35. The number of benzene rings is 2. The Balaban J connectivity index is 1.57. The lowest BCUT2D eigenvalue weighted by Crippen LogP contribution is -2.50. The third kappa shape index (κ3) is 3.11. The van der Waals surface area contributed by atoms with Crippen molar-refractivity contribution in [3.05, 3.63) is 59.7 Å². The van der Waals surface area contributed by atoms with E-state index in [9.17, 15) is 13.6 Å². The highest BCUT2D eigenvalue weighted by atomic mass is 35.5. The Kier molecular flexibility index (Phi) is 4.77. The number of nitrogen functional groups attached to an aromatic ring is 1. The molecule has 2 N–H and O–H groups in total. The molecule has 0 aliphatic carbocycles. The zero-order valence-corrected chi connectivity index (χ0v) is 19.3. The van der Waals surface area contributed by atoms with Crippen LogP contribution in [0.25, 0.3) is 43.1 Å². The van der Waals surface area contributed by atoms with E-state index in [0.29, 0.717) is 35.4 Å². The quantitative estimate of drug-likeness (QED) is 0.339. The van der Waals surface area contributed by atoms with Crippen molar-refractivity contribution >= 4 is 66.0 Å². The molecule has 0 atom stereocenters. The zero-order chi connectivity index (χ0) is 24.6. The third-order valence-electron chi connectivity index (χ3n) is 6.14. The van der Waals surface area contributed by atoms with Crippen LogP contribution in [0.15, 0.2) is 37.2 Å². The van der Waals surface area contributed by atoms with E-state index in [1.807, 2.05) is 0 Å². The molecule has 2 aromatic carbocycles. The lowest BCUT2D eigenvalue weighted by Gasteiger charge is -2.38. The van der Waals surface area contributed by atoms with Crippen molar-refractivity contribution in [3.8, 4) is 11.1 Å². The minimum atomic E-state index is -1.02. The number of anilines is 1. The normalized spacial score (nSPS) is 14.2. The molecule has 1 aliphatic heterocycles. The van der Waals surface area contributed by atoms with Crippen molar-refractivity contribution in [3.63, 3.8) is 0 Å². The van der Waals surface area contributed by atoms with E-state index >= 15 is 4.39 Å². The molecule has 1 saturated heterocycles. The molecule has 3 aromatic heterocycles. The molecule has 176 valence electrons. The van der Waals surface area contributed by atoms with E-state index in [1.54, 1.807) is 15.8 Å². The lowest BCUT2D eigenvalue weighted by molar-refractivity contribution is -0.131. The van der Waals surface area contributed by atoms with Crippen LogP contribution in [0.3, 0.4) is 0 Å². The number of likely N-dealkylation sites (tertiary alicyclic amines) is 1. The first-order valence-electron chi connectivity index (χ1n) is 10.4. The van der Waals surface area contributed by atoms with Crippen LogP contribution in [0.4, 0.5) is 18.3 Å². The van der Waals surface area contributed by atoms with Gasteiger partial charge in [0.2, 0.25) is 5.91 Å². The maximum atomic E-state index is 16.0. The van der Waals surface area contributed by atoms with Gasteiger partial charge < -0.3 is 10.6 Å². The first-order chi connectivity index (χ1) is 16.8. The van der Waals surface area contributed by atoms with Crippen LogP contribution >= 0.6 is 22.9 Å². The number of amides is 1. The predicted octanol–water partition coefficient (Wildman–Crippen LogP) is 5.08. The van der Waals surface area contributed by atoms with Crippen molar-refractivity contribution in [1.29, 1.82) is 0 Å². The van der Waals surface area contributed by atoms with Crippen LogP contribution in [0, 0.1) is 17.5 Å². The molecule has 1 aliphatic rings. The summed E-state index contributed by atoms with van der Waals surface area (Å²) in [5.41, 5.74) is 5.56. The monoisotopic (exact) mass is 514 g/mol. The first-order valence-corrected chi connectivity index (χ1v) is 11.6. The molecule has 12 heteroatoms. The van der Waals surface area contributed by atoms with Gasteiger partial charge in [-0.1, -0.05) is 29.5 Å². The number of nitrogens with zero attached hydrogens (tertiary/aromatic N) is 5. The summed E-state index contributed by atoms with van der Waals surface area (Å²) in [5.74, 6) is -2.93. The Morgan fingerprint density at radius 1 is 1.17 bits per heavy atom. The number of hydrogen-bond donors (Lipinski definition) is 1. The fraction of sp³-hybridized carbons (Fsp3) is 0.130. The van der Waals surface area contributed by atoms with Crippen molar-refractivity contribution < 1.29 is 18.0 Å². The Labute approximate surface area is 204 Å². The molecule has 0 spiro atoms. The topological polar surface area (TPSA) is 89.9 Å². The van der Waals surface area contributed by atoms with Crippen molar-refractivity contribution in [1.82, 2.24) is 24.6 Å². The van der Waals surface area contributed by atoms with Gasteiger partial charge in [-0.3, -0.25) is 14.5 Å². The molecular formula is C23H14ClF3N6OS. The predicted molar refractivity (Wildman–Crippen MR) is 129 cm³/mol. The van der Waals surface area contributed by atoms with Crippen LogP contribution in [0.5, 0.6) is 0 Å². The highest BCUT2D eigenvalue weighted by Crippen LogP contribution is 2.43. The molecule has 1 fully saturated rings. The number of carbonyl (C=O) groups excluding carboxylic acids is 1. The molecule has 0 unspecified atom stereocenters. The highest BCUT2D eigenvalue weighted by Gasteiger charge is 2.33. The average Bonchev–Trinajstić information content (AvgIpc) is 3.38. The van der Waals surface area contributed by atoms with Gasteiger partial charge in [-0.15, -0.1) is 0 Å². The van der Waals surface area contributed by atoms with Crippen LogP contribution in [-0.4, -0.2) is 43.6 Å². The molecule has 0 bridgehead atoms. The van der Waals surface area contributed by atoms with E-state index in [1.165, 1.54) is 18.3 Å². The minimum Gasteiger partial charge on any atom is -0.375 e. The summed E-state index contributed by atoms with van der Waals surface area (Å²) in [6, 6.07) is 2.02. The number of rotatable bonds is 3. The van der Waals surface area contributed by atoms with E-state index in [-0.39, 0.29) is 49.0 Å². The largest absolute Gasteiger partial charge is 0.375 e. The van der Waals surface area contributed by atoms with Gasteiger partial charge in [0.05, 0.1) is 33.0 Å². The third-order valence-corrected chi connectivity index (χ3v) is 7.33. The standard InChI is InChI=1S/C23H14ClF3N6OS/c1-2-15(34)32-7-10(8-32)33-21-9(6-30-33)5-29-19-11(21)3-12(24)16(18(19)27)17-13(25)4-14(26)22-20(17)31-23(28)35-22/h2-6,10H,1,7-8H2,(H2,28,31). The van der Waals surface area contributed by atoms with Crippen molar-refractivity contribution in [2.24, 2.45) is 0 Å². The van der Waals surface area contributed by atoms with Gasteiger partial charge in [-0.25, -0.2) is 18.2 Å². The van der Waals surface area contributed by atoms with Crippen LogP contribution in [-0.2, 0) is 4.79 Å². The van der Waals surface area contributed by atoms with Crippen molar-refractivity contribution in [2.75, 3.05) is 18.8 Å². The molecule has 0 radical (unpaired) electrons. The van der Waals surface area contributed by atoms with Crippen LogP contribution in [0.2, 0.25) is 5.02 Å². The fourth-order valence-corrected chi connectivity index (χ4v) is 5.52. The van der Waals surface area contributed by atoms with Gasteiger partial charge in [0.25, 0.3) is 0 Å². The minimum absolute atomic E-state index is 0.000407. The number of hydrogen-bond acceptors (Lipinski definition) is 6. The SMILES string of the molecule is C=CC(=O)N1CC(n2ncc3cnc4c(F)c(-c5c(F)cc(F)c6sc(N)nc56)c(Cl)cc4c32)C1. The summed E-state index contributed by atoms with van der Waals surface area (Å²) in [6.07, 6.45) is 4.31. The summed E-state index contributed by atoms with van der Waals surface area (Å²) < 4.78 is 46.9. The van der Waals surface area contributed by atoms with Crippen LogP contribution in [0.1, 0.15) is 6.04 Å². The van der Waals surface area contributed by atoms with E-state index < -0.39 is 17.5 Å². The molecule has 1 amide bonds. The molecule has 7 nitrogen and oxygen atoms in total. The smallest absolute Gasteiger partial charge is 0.246 e. The second-order valence-electron chi connectivity index (χ2n) is 8.14. The van der Waals surface area contributed by atoms with Gasteiger partial charge in [0, 0.05) is 47.3 Å². The van der Waals surface area contributed by atoms with Gasteiger partial charge in [-0.2, -0.15) is 5.10 Å². The van der Waals surface area contributed by atoms with Crippen LogP contribution < -0.4 is 5.73 Å². The number of nitrogens with two attached hydrogens (primary N) is 1. The zero-order valence-electron chi connectivity index (χ0n) is 17.7. The molecule has 5 aromatic rings. The lowest BCUT2D eigenvalue weighted by atomic mass is 9.99. The molecule has 4 heterocycles. The Bertz CT molecular complexity index is 1730. The van der Waals surface area contributed by atoms with Gasteiger partial charge in [0.1, 0.15) is 17.2 Å². The molecule has 6 rings (SSSR count). The summed E-state index contributed by atoms with van der Waals surface area (Å²) in [6.45, 7) is 4.33. The van der Waals surface area contributed by atoms with Crippen molar-refractivity contribution in [2.45, 2.75) is 6.04 Å². The highest BCUT2D eigenvalue weighted by molar-refractivity contribution is 7.22. The molecular weight excluding hydrogens is 501 g/mol. The Hall–Kier alpha value is -3.70. The van der Waals surface area contributed by atoms with E-state index in [4.69, 9.17) is 17.3 Å². The number of fused-ring (bicyclic) bond motifs is 4.